The van der Waals surface area contributed by atoms with Crippen molar-refractivity contribution in [1.82, 2.24) is 20.9 Å². The smallest absolute Gasteiger partial charge is 0.312 e. The number of benzene rings is 1. The molecule has 7 amide bonds. The number of primary amides is 1. The van der Waals surface area contributed by atoms with Crippen molar-refractivity contribution in [3.05, 3.63) is 42.0 Å². The molecule has 1 aromatic rings. The quantitative estimate of drug-likeness (QED) is 0.134. The second-order valence-electron chi connectivity index (χ2n) is 9.40. The molecule has 1 heterocycles. The summed E-state index contributed by atoms with van der Waals surface area (Å²) in [5, 5.41) is 10.5. The topological polar surface area (TPSA) is 206 Å². The van der Waals surface area contributed by atoms with Crippen LogP contribution in [0.25, 0.3) is 0 Å². The second-order valence-corrected chi connectivity index (χ2v) is 9.40. The SMILES string of the molecule is CCc1ccc(NC(=O)[C@H](CCCNC(N)=O)NC(=O)[C@@H](NC(=O)[C@H](CN)N2C(=O)C=CC2=O)C(C)C)cc1. The fourth-order valence-electron chi connectivity index (χ4n) is 3.93. The van der Waals surface area contributed by atoms with E-state index >= 15 is 0 Å². The van der Waals surface area contributed by atoms with Crippen molar-refractivity contribution in [3.63, 3.8) is 0 Å². The zero-order valence-corrected chi connectivity index (χ0v) is 22.4. The number of imide groups is 1. The summed E-state index contributed by atoms with van der Waals surface area (Å²) in [6.07, 6.45) is 3.41. The van der Waals surface area contributed by atoms with Gasteiger partial charge < -0.3 is 32.7 Å². The highest BCUT2D eigenvalue weighted by Crippen LogP contribution is 2.13. The molecular weight excluding hydrogens is 506 g/mol. The lowest BCUT2D eigenvalue weighted by molar-refractivity contribution is -0.145. The van der Waals surface area contributed by atoms with Gasteiger partial charge in [-0.05, 0) is 42.9 Å². The molecule has 0 unspecified atom stereocenters. The van der Waals surface area contributed by atoms with Crippen molar-refractivity contribution in [2.75, 3.05) is 18.4 Å². The Balaban J connectivity index is 2.15. The lowest BCUT2D eigenvalue weighted by Gasteiger charge is -2.29. The van der Waals surface area contributed by atoms with Gasteiger partial charge >= 0.3 is 6.03 Å². The minimum Gasteiger partial charge on any atom is -0.352 e. The first-order valence-corrected chi connectivity index (χ1v) is 12.8. The van der Waals surface area contributed by atoms with Crippen LogP contribution in [0.1, 0.15) is 39.2 Å². The van der Waals surface area contributed by atoms with Crippen molar-refractivity contribution < 1.29 is 28.8 Å². The van der Waals surface area contributed by atoms with Gasteiger partial charge in [0.1, 0.15) is 18.1 Å². The van der Waals surface area contributed by atoms with Crippen LogP contribution in [-0.4, -0.2) is 71.7 Å². The number of anilines is 1. The van der Waals surface area contributed by atoms with Gasteiger partial charge in [-0.3, -0.25) is 28.9 Å². The van der Waals surface area contributed by atoms with E-state index in [0.29, 0.717) is 12.1 Å². The predicted molar refractivity (Wildman–Crippen MR) is 144 cm³/mol. The van der Waals surface area contributed by atoms with E-state index in [1.54, 1.807) is 26.0 Å². The average molecular weight is 544 g/mol. The van der Waals surface area contributed by atoms with E-state index in [1.165, 1.54) is 0 Å². The Morgan fingerprint density at radius 2 is 1.54 bits per heavy atom. The van der Waals surface area contributed by atoms with Gasteiger partial charge in [-0.2, -0.15) is 0 Å². The zero-order valence-electron chi connectivity index (χ0n) is 22.4. The molecule has 0 saturated carbocycles. The van der Waals surface area contributed by atoms with Crippen molar-refractivity contribution in [2.45, 2.75) is 58.2 Å². The lowest BCUT2D eigenvalue weighted by atomic mass is 10.0. The van der Waals surface area contributed by atoms with Crippen LogP contribution < -0.4 is 32.7 Å². The van der Waals surface area contributed by atoms with Gasteiger partial charge in [0, 0.05) is 30.9 Å². The predicted octanol–water partition coefficient (Wildman–Crippen LogP) is -0.486. The summed E-state index contributed by atoms with van der Waals surface area (Å²) < 4.78 is 0. The molecule has 13 nitrogen and oxygen atoms in total. The molecule has 0 spiro atoms. The molecule has 1 aliphatic rings. The summed E-state index contributed by atoms with van der Waals surface area (Å²) in [4.78, 5) is 75.2. The molecule has 0 bridgehead atoms. The number of urea groups is 1. The normalized spacial score (nSPS) is 15.1. The number of hydrogen-bond donors (Lipinski definition) is 6. The first kappa shape index (κ1) is 31.0. The number of rotatable bonds is 14. The van der Waals surface area contributed by atoms with Crippen LogP contribution in [0.3, 0.4) is 0 Å². The maximum Gasteiger partial charge on any atom is 0.312 e. The molecular formula is C26H37N7O6. The molecule has 2 rings (SSSR count). The summed E-state index contributed by atoms with van der Waals surface area (Å²) in [6.45, 7) is 5.24. The Labute approximate surface area is 227 Å². The van der Waals surface area contributed by atoms with Gasteiger partial charge in [-0.1, -0.05) is 32.9 Å². The van der Waals surface area contributed by atoms with Gasteiger partial charge in [-0.25, -0.2) is 4.79 Å². The minimum absolute atomic E-state index is 0.164. The molecule has 39 heavy (non-hydrogen) atoms. The van der Waals surface area contributed by atoms with Crippen LogP contribution in [0.4, 0.5) is 10.5 Å². The van der Waals surface area contributed by atoms with Crippen molar-refractivity contribution in [2.24, 2.45) is 17.4 Å². The van der Waals surface area contributed by atoms with Crippen LogP contribution in [0.2, 0.25) is 0 Å². The minimum atomic E-state index is -1.31. The van der Waals surface area contributed by atoms with Gasteiger partial charge in [0.05, 0.1) is 0 Å². The summed E-state index contributed by atoms with van der Waals surface area (Å²) in [5.41, 5.74) is 12.4. The number of nitrogens with two attached hydrogens (primary N) is 2. The van der Waals surface area contributed by atoms with Crippen molar-refractivity contribution in [3.8, 4) is 0 Å². The van der Waals surface area contributed by atoms with Crippen LogP contribution in [-0.2, 0) is 30.4 Å². The number of amides is 7. The zero-order chi connectivity index (χ0) is 29.1. The molecule has 0 saturated heterocycles. The molecule has 0 aliphatic carbocycles. The van der Waals surface area contributed by atoms with Crippen LogP contribution >= 0.6 is 0 Å². The first-order chi connectivity index (χ1) is 18.5. The monoisotopic (exact) mass is 543 g/mol. The lowest BCUT2D eigenvalue weighted by Crippen LogP contribution is -2.60. The fraction of sp³-hybridized carbons (Fsp3) is 0.462. The van der Waals surface area contributed by atoms with Gasteiger partial charge in [0.2, 0.25) is 17.7 Å². The number of carbonyl (C=O) groups excluding carboxylic acids is 6. The summed E-state index contributed by atoms with van der Waals surface area (Å²) in [7, 11) is 0. The maximum absolute atomic E-state index is 13.3. The first-order valence-electron chi connectivity index (χ1n) is 12.8. The van der Waals surface area contributed by atoms with Crippen LogP contribution in [0, 0.1) is 5.92 Å². The Bertz CT molecular complexity index is 1080. The third-order valence-corrected chi connectivity index (χ3v) is 6.16. The van der Waals surface area contributed by atoms with Crippen molar-refractivity contribution in [1.29, 1.82) is 0 Å². The third kappa shape index (κ3) is 8.92. The second kappa shape index (κ2) is 14.6. The molecule has 0 fully saturated rings. The number of nitrogens with zero attached hydrogens (tertiary/aromatic N) is 1. The Morgan fingerprint density at radius 1 is 0.923 bits per heavy atom. The summed E-state index contributed by atoms with van der Waals surface area (Å²) in [5.74, 6) is -3.68. The number of hydrogen-bond acceptors (Lipinski definition) is 7. The van der Waals surface area contributed by atoms with E-state index in [1.807, 2.05) is 19.1 Å². The molecule has 0 radical (unpaired) electrons. The molecule has 3 atom stereocenters. The highest BCUT2D eigenvalue weighted by atomic mass is 16.2. The third-order valence-electron chi connectivity index (χ3n) is 6.16. The molecule has 212 valence electrons. The molecule has 8 N–H and O–H groups in total. The van der Waals surface area contributed by atoms with Crippen LogP contribution in [0.5, 0.6) is 0 Å². The number of carbonyl (C=O) groups is 6. The Morgan fingerprint density at radius 3 is 2.05 bits per heavy atom. The van der Waals surface area contributed by atoms with E-state index in [2.05, 4.69) is 21.3 Å². The summed E-state index contributed by atoms with van der Waals surface area (Å²) >= 11 is 0. The molecule has 0 aromatic heterocycles. The van der Waals surface area contributed by atoms with Gasteiger partial charge in [0.15, 0.2) is 0 Å². The average Bonchev–Trinajstić information content (AvgIpc) is 3.22. The van der Waals surface area contributed by atoms with Crippen molar-refractivity contribution >= 4 is 41.3 Å². The van der Waals surface area contributed by atoms with Gasteiger partial charge in [0.25, 0.3) is 11.8 Å². The number of aryl methyl sites for hydroxylation is 1. The number of nitrogens with one attached hydrogen (secondary N) is 4. The van der Waals surface area contributed by atoms with Crippen LogP contribution in [0.15, 0.2) is 36.4 Å². The fourth-order valence-corrected chi connectivity index (χ4v) is 3.93. The Kier molecular flexibility index (Phi) is 11.6. The maximum atomic E-state index is 13.3. The van der Waals surface area contributed by atoms with E-state index in [-0.39, 0.29) is 19.5 Å². The van der Waals surface area contributed by atoms with E-state index in [4.69, 9.17) is 11.5 Å². The molecule has 13 heteroatoms. The van der Waals surface area contributed by atoms with E-state index in [9.17, 15) is 28.8 Å². The van der Waals surface area contributed by atoms with E-state index in [0.717, 1.165) is 29.0 Å². The highest BCUT2D eigenvalue weighted by Gasteiger charge is 2.37. The summed E-state index contributed by atoms with van der Waals surface area (Å²) in [6, 6.07) is 3.14. The van der Waals surface area contributed by atoms with Gasteiger partial charge in [-0.15, -0.1) is 0 Å². The highest BCUT2D eigenvalue weighted by molar-refractivity contribution is 6.15. The standard InChI is InChI=1S/C26H37N7O6/c1-4-16-7-9-17(10-8-16)30-23(36)18(6-5-13-29-26(28)39)31-25(38)22(15(2)3)32-24(37)19(14-27)33-20(34)11-12-21(33)35/h7-12,15,18-19,22H,4-6,13-14,27H2,1-3H3,(H,30,36)(H,31,38)(H,32,37)(H3,28,29,39)/t18-,19-,22-/m0/s1. The molecule has 1 aliphatic heterocycles. The largest absolute Gasteiger partial charge is 0.352 e. The molecule has 1 aromatic carbocycles. The Hall–Kier alpha value is -4.26. The van der Waals surface area contributed by atoms with E-state index < -0.39 is 59.6 Å².